The van der Waals surface area contributed by atoms with Crippen LogP contribution < -0.4 is 9.62 Å². The number of sulfonamides is 1. The summed E-state index contributed by atoms with van der Waals surface area (Å²) in [6, 6.07) is 24.4. The number of thioether (sulfide) groups is 1. The summed E-state index contributed by atoms with van der Waals surface area (Å²) in [6.45, 7) is 1.77. The highest BCUT2D eigenvalue weighted by atomic mass is 32.2. The molecule has 12 heteroatoms. The number of carboxylic acid groups (broad SMARTS) is 1. The Kier molecular flexibility index (Phi) is 10.4. The molecule has 0 spiro atoms. The van der Waals surface area contributed by atoms with Crippen LogP contribution in [-0.2, 0) is 21.4 Å². The summed E-state index contributed by atoms with van der Waals surface area (Å²) in [7, 11) is -4.18. The minimum atomic E-state index is -4.18. The predicted molar refractivity (Wildman–Crippen MR) is 171 cm³/mol. The molecular formula is C32H31N3O7S2. The van der Waals surface area contributed by atoms with Crippen LogP contribution in [0.5, 0.6) is 0 Å². The smallest absolute Gasteiger partial charge is 0.326 e. The normalized spacial score (nSPS) is 11.9. The van der Waals surface area contributed by atoms with Crippen molar-refractivity contribution in [3.05, 3.63) is 124 Å². The van der Waals surface area contributed by atoms with Crippen LogP contribution in [0.1, 0.15) is 27.9 Å². The number of carbonyl (C=O) groups excluding carboxylic acids is 1. The minimum absolute atomic E-state index is 0.115. The molecule has 10 nitrogen and oxygen atoms in total. The SMILES string of the molecule is CSCC[C@@H](NC(=O)c1ccc(CN(c2ccccc2)S(=O)(=O)c2ccc([N+](=O)[O-])cc2)cc1-c1ccccc1C)C(=O)O. The number of aliphatic carboxylic acids is 1. The molecule has 1 atom stereocenters. The lowest BCUT2D eigenvalue weighted by molar-refractivity contribution is -0.384. The number of anilines is 1. The zero-order chi connectivity index (χ0) is 31.9. The van der Waals surface area contributed by atoms with E-state index in [1.807, 2.05) is 37.4 Å². The zero-order valence-electron chi connectivity index (χ0n) is 24.0. The summed E-state index contributed by atoms with van der Waals surface area (Å²) in [6.07, 6.45) is 2.11. The van der Waals surface area contributed by atoms with Gasteiger partial charge in [-0.2, -0.15) is 11.8 Å². The van der Waals surface area contributed by atoms with Gasteiger partial charge in [0, 0.05) is 17.7 Å². The molecule has 0 saturated carbocycles. The fourth-order valence-electron chi connectivity index (χ4n) is 4.66. The maximum absolute atomic E-state index is 13.9. The van der Waals surface area contributed by atoms with E-state index in [9.17, 15) is 33.2 Å². The van der Waals surface area contributed by atoms with Crippen molar-refractivity contribution in [2.24, 2.45) is 0 Å². The first-order valence-electron chi connectivity index (χ1n) is 13.6. The third kappa shape index (κ3) is 7.44. The second kappa shape index (κ2) is 14.2. The van der Waals surface area contributed by atoms with Gasteiger partial charge >= 0.3 is 5.97 Å². The van der Waals surface area contributed by atoms with Crippen molar-refractivity contribution in [1.29, 1.82) is 0 Å². The monoisotopic (exact) mass is 633 g/mol. The number of carboxylic acids is 1. The number of non-ortho nitro benzene ring substituents is 1. The van der Waals surface area contributed by atoms with Crippen LogP contribution in [0, 0.1) is 17.0 Å². The van der Waals surface area contributed by atoms with Crippen LogP contribution in [0.25, 0.3) is 11.1 Å². The predicted octanol–water partition coefficient (Wildman–Crippen LogP) is 5.90. The number of nitrogens with zero attached hydrogens (tertiary/aromatic N) is 2. The van der Waals surface area contributed by atoms with Gasteiger partial charge in [0.05, 0.1) is 22.1 Å². The number of nitro benzene ring substituents is 1. The Morgan fingerprint density at radius 3 is 2.23 bits per heavy atom. The van der Waals surface area contributed by atoms with Crippen LogP contribution in [0.3, 0.4) is 0 Å². The average Bonchev–Trinajstić information content (AvgIpc) is 3.02. The number of hydrogen-bond acceptors (Lipinski definition) is 7. The van der Waals surface area contributed by atoms with Crippen molar-refractivity contribution >= 4 is 45.0 Å². The topological polar surface area (TPSA) is 147 Å². The van der Waals surface area contributed by atoms with Crippen LogP contribution in [0.4, 0.5) is 11.4 Å². The number of aryl methyl sites for hydroxylation is 1. The van der Waals surface area contributed by atoms with E-state index in [-0.39, 0.29) is 29.1 Å². The quantitative estimate of drug-likeness (QED) is 0.137. The molecule has 1 amide bonds. The molecule has 2 N–H and O–H groups in total. The molecule has 0 radical (unpaired) electrons. The molecule has 0 fully saturated rings. The summed E-state index contributed by atoms with van der Waals surface area (Å²) >= 11 is 1.48. The number of amides is 1. The van der Waals surface area contributed by atoms with Crippen LogP contribution in [0.2, 0.25) is 0 Å². The van der Waals surface area contributed by atoms with Gasteiger partial charge in [0.15, 0.2) is 0 Å². The fourth-order valence-corrected chi connectivity index (χ4v) is 6.58. The molecule has 4 aromatic rings. The summed E-state index contributed by atoms with van der Waals surface area (Å²) in [5, 5.41) is 23.4. The second-order valence-corrected chi connectivity index (χ2v) is 12.8. The Bertz CT molecular complexity index is 1760. The van der Waals surface area contributed by atoms with Gasteiger partial charge in [-0.3, -0.25) is 19.2 Å². The van der Waals surface area contributed by atoms with Crippen molar-refractivity contribution in [3.63, 3.8) is 0 Å². The Labute approximate surface area is 259 Å². The third-order valence-corrected chi connectivity index (χ3v) is 9.42. The van der Waals surface area contributed by atoms with Crippen LogP contribution >= 0.6 is 11.8 Å². The Balaban J connectivity index is 1.78. The van der Waals surface area contributed by atoms with Gasteiger partial charge in [0.2, 0.25) is 0 Å². The first-order chi connectivity index (χ1) is 21.0. The summed E-state index contributed by atoms with van der Waals surface area (Å²) in [5.74, 6) is -1.13. The van der Waals surface area contributed by atoms with Gasteiger partial charge in [-0.15, -0.1) is 0 Å². The number of para-hydroxylation sites is 1. The molecule has 4 rings (SSSR count). The minimum Gasteiger partial charge on any atom is -0.480 e. The molecular weight excluding hydrogens is 603 g/mol. The van der Waals surface area contributed by atoms with Crippen molar-refractivity contribution in [2.75, 3.05) is 16.3 Å². The van der Waals surface area contributed by atoms with Gasteiger partial charge in [0.25, 0.3) is 21.6 Å². The van der Waals surface area contributed by atoms with Gasteiger partial charge in [0.1, 0.15) is 6.04 Å². The highest BCUT2D eigenvalue weighted by molar-refractivity contribution is 7.98. The fraction of sp³-hybridized carbons (Fsp3) is 0.188. The van der Waals surface area contributed by atoms with E-state index in [4.69, 9.17) is 0 Å². The summed E-state index contributed by atoms with van der Waals surface area (Å²) < 4.78 is 29.0. The molecule has 0 bridgehead atoms. The standard InChI is InChI=1S/C32H31N3O7S2/c1-22-8-6-7-11-27(22)29-20-23(12-17-28(29)31(36)33-30(32(37)38)18-19-43-2)21-34(24-9-4-3-5-10-24)44(41,42)26-15-13-25(14-16-26)35(39)40/h3-17,20,30H,18-19,21H2,1-2H3,(H,33,36)(H,37,38)/t30-/m1/s1. The highest BCUT2D eigenvalue weighted by Crippen LogP contribution is 2.31. The van der Waals surface area contributed by atoms with E-state index in [0.29, 0.717) is 22.6 Å². The van der Waals surface area contributed by atoms with E-state index in [1.54, 1.807) is 48.5 Å². The largest absolute Gasteiger partial charge is 0.480 e. The lowest BCUT2D eigenvalue weighted by atomic mass is 9.93. The molecule has 0 aliphatic heterocycles. The zero-order valence-corrected chi connectivity index (χ0v) is 25.7. The number of carbonyl (C=O) groups is 2. The molecule has 228 valence electrons. The molecule has 0 aliphatic carbocycles. The maximum atomic E-state index is 13.9. The van der Waals surface area contributed by atoms with E-state index < -0.39 is 32.9 Å². The molecule has 0 aromatic heterocycles. The van der Waals surface area contributed by atoms with Gasteiger partial charge in [-0.25, -0.2) is 13.2 Å². The van der Waals surface area contributed by atoms with Crippen LogP contribution in [0.15, 0.2) is 102 Å². The first-order valence-corrected chi connectivity index (χ1v) is 16.4. The first kappa shape index (κ1) is 32.2. The van der Waals surface area contributed by atoms with Gasteiger partial charge in [-0.1, -0.05) is 48.5 Å². The number of nitrogens with one attached hydrogen (secondary N) is 1. The van der Waals surface area contributed by atoms with Crippen molar-refractivity contribution in [1.82, 2.24) is 5.32 Å². The number of rotatable bonds is 13. The molecule has 0 aliphatic rings. The van der Waals surface area contributed by atoms with E-state index >= 15 is 0 Å². The highest BCUT2D eigenvalue weighted by Gasteiger charge is 2.27. The summed E-state index contributed by atoms with van der Waals surface area (Å²) in [4.78, 5) is 35.7. The number of nitro groups is 1. The van der Waals surface area contributed by atoms with Crippen molar-refractivity contribution in [3.8, 4) is 11.1 Å². The van der Waals surface area contributed by atoms with E-state index in [1.165, 1.54) is 28.2 Å². The average molecular weight is 634 g/mol. The Morgan fingerprint density at radius 2 is 1.61 bits per heavy atom. The molecule has 0 heterocycles. The number of hydrogen-bond donors (Lipinski definition) is 2. The molecule has 0 unspecified atom stereocenters. The third-order valence-electron chi connectivity index (χ3n) is 6.98. The van der Waals surface area contributed by atoms with E-state index in [2.05, 4.69) is 5.32 Å². The lowest BCUT2D eigenvalue weighted by Gasteiger charge is -2.25. The lowest BCUT2D eigenvalue weighted by Crippen LogP contribution is -2.41. The van der Waals surface area contributed by atoms with Crippen LogP contribution in [-0.4, -0.2) is 48.4 Å². The van der Waals surface area contributed by atoms with Gasteiger partial charge in [-0.05, 0) is 84.0 Å². The van der Waals surface area contributed by atoms with Crippen molar-refractivity contribution in [2.45, 2.75) is 30.8 Å². The second-order valence-electron chi connectivity index (χ2n) is 9.94. The Morgan fingerprint density at radius 1 is 0.955 bits per heavy atom. The molecule has 0 saturated heterocycles. The van der Waals surface area contributed by atoms with Gasteiger partial charge < -0.3 is 10.4 Å². The Hall–Kier alpha value is -4.68. The maximum Gasteiger partial charge on any atom is 0.326 e. The number of benzene rings is 4. The molecule has 4 aromatic carbocycles. The van der Waals surface area contributed by atoms with E-state index in [0.717, 1.165) is 23.3 Å². The van der Waals surface area contributed by atoms with Crippen molar-refractivity contribution < 1.29 is 28.0 Å². The molecule has 44 heavy (non-hydrogen) atoms. The summed E-state index contributed by atoms with van der Waals surface area (Å²) in [5.41, 5.74) is 3.09.